The lowest BCUT2D eigenvalue weighted by atomic mass is 10.2. The van der Waals surface area contributed by atoms with Gasteiger partial charge in [0.15, 0.2) is 0 Å². The summed E-state index contributed by atoms with van der Waals surface area (Å²) in [6.45, 7) is 3.39. The van der Waals surface area contributed by atoms with Gasteiger partial charge in [-0.2, -0.15) is 13.2 Å². The quantitative estimate of drug-likeness (QED) is 0.746. The molecule has 0 saturated heterocycles. The Bertz CT molecular complexity index is 340. The van der Waals surface area contributed by atoms with Gasteiger partial charge in [0.05, 0.1) is 13.7 Å². The Morgan fingerprint density at radius 2 is 1.75 bits per heavy atom. The van der Waals surface area contributed by atoms with Crippen LogP contribution >= 0.6 is 0 Å². The second-order valence-corrected chi connectivity index (χ2v) is 4.93. The molecule has 0 spiro atoms. The summed E-state index contributed by atoms with van der Waals surface area (Å²) in [5.41, 5.74) is -0.808. The predicted molar refractivity (Wildman–Crippen MR) is 64.1 cm³/mol. The zero-order valence-electron chi connectivity index (χ0n) is 11.8. The Morgan fingerprint density at radius 3 is 2.15 bits per heavy atom. The lowest BCUT2D eigenvalue weighted by Crippen LogP contribution is -2.52. The number of esters is 1. The van der Waals surface area contributed by atoms with E-state index >= 15 is 0 Å². The maximum Gasteiger partial charge on any atom is 0.407 e. The number of carbonyl (C=O) groups is 2. The van der Waals surface area contributed by atoms with E-state index in [2.05, 4.69) is 4.74 Å². The van der Waals surface area contributed by atoms with Crippen molar-refractivity contribution in [3.8, 4) is 0 Å². The van der Waals surface area contributed by atoms with Crippen molar-refractivity contribution in [3.05, 3.63) is 0 Å². The summed E-state index contributed by atoms with van der Waals surface area (Å²) in [6.07, 6.45) is -5.59. The van der Waals surface area contributed by atoms with Crippen molar-refractivity contribution in [2.45, 2.75) is 38.6 Å². The lowest BCUT2D eigenvalue weighted by molar-refractivity contribution is -0.157. The molecular weight excluding hydrogens is 281 g/mol. The van der Waals surface area contributed by atoms with Gasteiger partial charge in [-0.1, -0.05) is 0 Å². The van der Waals surface area contributed by atoms with E-state index in [0.717, 1.165) is 7.11 Å². The fraction of sp³-hybridized carbons (Fsp3) is 0.818. The van der Waals surface area contributed by atoms with Crippen molar-refractivity contribution in [2.24, 2.45) is 0 Å². The van der Waals surface area contributed by atoms with Crippen molar-refractivity contribution >= 4 is 12.1 Å². The van der Waals surface area contributed by atoms with Crippen LogP contribution in [0.3, 0.4) is 0 Å². The fourth-order valence-electron chi connectivity index (χ4n) is 1.08. The summed E-state index contributed by atoms with van der Waals surface area (Å²) >= 11 is 0. The Kier molecular flexibility index (Phi) is 6.77. The van der Waals surface area contributed by atoms with E-state index in [1.54, 1.807) is 20.8 Å². The van der Waals surface area contributed by atoms with E-state index in [9.17, 15) is 22.8 Å². The molecule has 0 aliphatic heterocycles. The molecule has 0 radical (unpaired) electrons. The van der Waals surface area contributed by atoms with Crippen LogP contribution in [0.4, 0.5) is 18.0 Å². The number of hydrogen-bond donors (Lipinski definition) is 2. The van der Waals surface area contributed by atoms with Gasteiger partial charge in [-0.15, -0.1) is 0 Å². The first kappa shape index (κ1) is 18.5. The average molecular weight is 300 g/mol. The highest BCUT2D eigenvalue weighted by molar-refractivity contribution is 5.71. The number of ether oxygens (including phenoxy) is 2. The molecule has 0 aromatic heterocycles. The lowest BCUT2D eigenvalue weighted by Gasteiger charge is -2.23. The summed E-state index contributed by atoms with van der Waals surface area (Å²) in [5, 5.41) is 3.95. The highest BCUT2D eigenvalue weighted by Crippen LogP contribution is 2.19. The Morgan fingerprint density at radius 1 is 1.20 bits per heavy atom. The highest BCUT2D eigenvalue weighted by atomic mass is 19.4. The number of carbonyl (C=O) groups excluding carboxylic acids is 2. The molecule has 0 aromatic carbocycles. The summed E-state index contributed by atoms with van der Waals surface area (Å²) < 4.78 is 47.0. The van der Waals surface area contributed by atoms with Gasteiger partial charge < -0.3 is 14.8 Å². The van der Waals surface area contributed by atoms with E-state index in [-0.39, 0.29) is 0 Å². The van der Waals surface area contributed by atoms with E-state index in [0.29, 0.717) is 0 Å². The molecule has 0 aromatic rings. The minimum Gasteiger partial charge on any atom is -0.468 e. The van der Waals surface area contributed by atoms with Gasteiger partial charge >= 0.3 is 18.2 Å². The molecule has 0 unspecified atom stereocenters. The molecular formula is C11H19F3N2O4. The molecule has 118 valence electrons. The standard InChI is InChI=1S/C11H19F3N2O4/c1-10(2,3)20-9(18)16-5-7(11(12,13)14)15-6-8(17)19-4/h7,15H,5-6H2,1-4H3,(H,16,18)/t7-/m1/s1. The third kappa shape index (κ3) is 8.57. The van der Waals surface area contributed by atoms with Gasteiger partial charge in [0.2, 0.25) is 0 Å². The van der Waals surface area contributed by atoms with Crippen LogP contribution in [0.5, 0.6) is 0 Å². The molecule has 9 heteroatoms. The van der Waals surface area contributed by atoms with E-state index in [1.165, 1.54) is 0 Å². The normalized spacial score (nSPS) is 13.6. The molecule has 0 saturated carbocycles. The first-order chi connectivity index (χ1) is 8.95. The van der Waals surface area contributed by atoms with E-state index in [1.807, 2.05) is 10.6 Å². The smallest absolute Gasteiger partial charge is 0.407 e. The molecule has 1 atom stereocenters. The predicted octanol–water partition coefficient (Wildman–Crippen LogP) is 1.20. The molecule has 2 N–H and O–H groups in total. The number of halogens is 3. The second kappa shape index (κ2) is 7.32. The maximum atomic E-state index is 12.7. The van der Waals surface area contributed by atoms with Gasteiger partial charge in [0, 0.05) is 6.54 Å². The van der Waals surface area contributed by atoms with Crippen molar-refractivity contribution < 1.29 is 32.2 Å². The fourth-order valence-corrected chi connectivity index (χ4v) is 1.08. The van der Waals surface area contributed by atoms with Crippen molar-refractivity contribution in [1.29, 1.82) is 0 Å². The third-order valence-corrected chi connectivity index (χ3v) is 1.96. The molecule has 0 aliphatic carbocycles. The van der Waals surface area contributed by atoms with E-state index < -0.39 is 43.0 Å². The maximum absolute atomic E-state index is 12.7. The molecule has 0 rings (SSSR count). The summed E-state index contributed by atoms with van der Waals surface area (Å²) in [6, 6.07) is -2.07. The van der Waals surface area contributed by atoms with E-state index in [4.69, 9.17) is 4.74 Å². The van der Waals surface area contributed by atoms with Crippen LogP contribution in [0.2, 0.25) is 0 Å². The summed E-state index contributed by atoms with van der Waals surface area (Å²) in [7, 11) is 1.06. The Hall–Kier alpha value is -1.51. The van der Waals surface area contributed by atoms with Crippen LogP contribution in [0.1, 0.15) is 20.8 Å². The van der Waals surface area contributed by atoms with Crippen molar-refractivity contribution in [2.75, 3.05) is 20.2 Å². The third-order valence-electron chi connectivity index (χ3n) is 1.96. The average Bonchev–Trinajstić information content (AvgIpc) is 2.24. The molecule has 20 heavy (non-hydrogen) atoms. The van der Waals surface area contributed by atoms with Crippen LogP contribution in [0, 0.1) is 0 Å². The van der Waals surface area contributed by atoms with Crippen molar-refractivity contribution in [1.82, 2.24) is 10.6 Å². The SMILES string of the molecule is COC(=O)CN[C@H](CNC(=O)OC(C)(C)C)C(F)(F)F. The Balaban J connectivity index is 4.38. The molecule has 0 heterocycles. The minimum absolute atomic E-state index is 0.614. The number of amides is 1. The minimum atomic E-state index is -4.62. The number of methoxy groups -OCH3 is 1. The first-order valence-electron chi connectivity index (χ1n) is 5.79. The number of hydrogen-bond acceptors (Lipinski definition) is 5. The zero-order chi connectivity index (χ0) is 16.0. The molecule has 0 fully saturated rings. The van der Waals surface area contributed by atoms with Gasteiger partial charge in [-0.3, -0.25) is 10.1 Å². The molecule has 6 nitrogen and oxygen atoms in total. The Labute approximate surface area is 115 Å². The number of alkyl halides is 3. The largest absolute Gasteiger partial charge is 0.468 e. The molecule has 0 aliphatic rings. The second-order valence-electron chi connectivity index (χ2n) is 4.93. The first-order valence-corrected chi connectivity index (χ1v) is 5.79. The number of nitrogens with one attached hydrogen (secondary N) is 2. The van der Waals surface area contributed by atoms with Gasteiger partial charge in [0.1, 0.15) is 11.6 Å². The van der Waals surface area contributed by atoms with Crippen LogP contribution in [0.15, 0.2) is 0 Å². The van der Waals surface area contributed by atoms with Gasteiger partial charge in [-0.05, 0) is 20.8 Å². The van der Waals surface area contributed by atoms with Crippen LogP contribution in [-0.4, -0.2) is 50.1 Å². The molecule has 1 amide bonds. The van der Waals surface area contributed by atoms with Crippen LogP contribution in [0.25, 0.3) is 0 Å². The van der Waals surface area contributed by atoms with Gasteiger partial charge in [0.25, 0.3) is 0 Å². The topological polar surface area (TPSA) is 76.7 Å². The summed E-state index contributed by atoms with van der Waals surface area (Å²) in [5.74, 6) is -0.837. The molecule has 0 bridgehead atoms. The number of alkyl carbamates (subject to hydrolysis) is 1. The monoisotopic (exact) mass is 300 g/mol. The highest BCUT2D eigenvalue weighted by Gasteiger charge is 2.40. The van der Waals surface area contributed by atoms with Gasteiger partial charge in [-0.25, -0.2) is 4.79 Å². The van der Waals surface area contributed by atoms with Crippen molar-refractivity contribution in [3.63, 3.8) is 0 Å². The van der Waals surface area contributed by atoms with Crippen LogP contribution in [-0.2, 0) is 14.3 Å². The number of rotatable bonds is 5. The van der Waals surface area contributed by atoms with Crippen LogP contribution < -0.4 is 10.6 Å². The summed E-state index contributed by atoms with van der Waals surface area (Å²) in [4.78, 5) is 22.1. The zero-order valence-corrected chi connectivity index (χ0v) is 11.8.